The molecule has 3 heterocycles. The monoisotopic (exact) mass is 478 g/mol. The smallest absolute Gasteiger partial charge is 0.234 e. The fourth-order valence-electron chi connectivity index (χ4n) is 4.45. The molecule has 0 saturated carbocycles. The number of hydrogen-bond acceptors (Lipinski definition) is 7. The summed E-state index contributed by atoms with van der Waals surface area (Å²) >= 11 is 3.09. The third-order valence-corrected chi connectivity index (χ3v) is 8.18. The van der Waals surface area contributed by atoms with Gasteiger partial charge in [0.2, 0.25) is 5.91 Å². The summed E-state index contributed by atoms with van der Waals surface area (Å²) < 4.78 is 6.19. The van der Waals surface area contributed by atoms with Crippen molar-refractivity contribution < 1.29 is 9.53 Å². The molecule has 1 aliphatic carbocycles. The number of fused-ring (bicyclic) bond motifs is 5. The van der Waals surface area contributed by atoms with Crippen LogP contribution in [0.5, 0.6) is 5.75 Å². The molecule has 0 aliphatic heterocycles. The zero-order valence-corrected chi connectivity index (χ0v) is 20.6. The highest BCUT2D eigenvalue weighted by Gasteiger charge is 2.24. The first-order chi connectivity index (χ1) is 16.0. The van der Waals surface area contributed by atoms with Crippen molar-refractivity contribution >= 4 is 55.1 Å². The molecule has 33 heavy (non-hydrogen) atoms. The standard InChI is InChI=1S/C25H26N4O2S2/c1-14(2)21-18-7-5-4-6-17(18)20-22-23(33-24(20)29-21)25(27-13-26-22)32-12-19(30)28-15-8-10-16(31-3)11-9-15/h8-11,13-14H,4-7,12H2,1-3H3,(H,28,30). The van der Waals surface area contributed by atoms with Gasteiger partial charge in [-0.2, -0.15) is 0 Å². The van der Waals surface area contributed by atoms with Crippen LogP contribution in [0.25, 0.3) is 20.4 Å². The molecular formula is C25H26N4O2S2. The summed E-state index contributed by atoms with van der Waals surface area (Å²) in [4.78, 5) is 27.8. The number of aryl methyl sites for hydroxylation is 1. The molecule has 8 heteroatoms. The van der Waals surface area contributed by atoms with E-state index < -0.39 is 0 Å². The number of carbonyl (C=O) groups excluding carboxylic acids is 1. The number of amides is 1. The predicted molar refractivity (Wildman–Crippen MR) is 136 cm³/mol. The first kappa shape index (κ1) is 22.1. The normalized spacial score (nSPS) is 13.5. The van der Waals surface area contributed by atoms with E-state index in [0.29, 0.717) is 5.92 Å². The second-order valence-electron chi connectivity index (χ2n) is 8.52. The SMILES string of the molecule is COc1ccc(NC(=O)CSc2ncnc3c2sc2nc(C(C)C)c4c(c23)CCCC4)cc1. The predicted octanol–water partition coefficient (Wildman–Crippen LogP) is 5.98. The average molecular weight is 479 g/mol. The van der Waals surface area contributed by atoms with E-state index in [2.05, 4.69) is 29.1 Å². The number of benzene rings is 1. The van der Waals surface area contributed by atoms with Gasteiger partial charge in [0.25, 0.3) is 0 Å². The minimum atomic E-state index is -0.0735. The molecule has 0 atom stereocenters. The number of thiophene rings is 1. The van der Waals surface area contributed by atoms with E-state index in [1.165, 1.54) is 46.8 Å². The fourth-order valence-corrected chi connectivity index (χ4v) is 6.50. The van der Waals surface area contributed by atoms with Crippen LogP contribution in [0.2, 0.25) is 0 Å². The van der Waals surface area contributed by atoms with Crippen molar-refractivity contribution in [3.63, 3.8) is 0 Å². The summed E-state index contributed by atoms with van der Waals surface area (Å²) in [5.41, 5.74) is 5.80. The maximum Gasteiger partial charge on any atom is 0.234 e. The Bertz CT molecular complexity index is 1330. The number of nitrogens with zero attached hydrogens (tertiary/aromatic N) is 3. The van der Waals surface area contributed by atoms with Gasteiger partial charge in [0.1, 0.15) is 21.9 Å². The second kappa shape index (κ2) is 9.27. The van der Waals surface area contributed by atoms with E-state index >= 15 is 0 Å². The van der Waals surface area contributed by atoms with Gasteiger partial charge in [0, 0.05) is 16.8 Å². The van der Waals surface area contributed by atoms with Gasteiger partial charge >= 0.3 is 0 Å². The van der Waals surface area contributed by atoms with E-state index in [0.717, 1.165) is 44.4 Å². The average Bonchev–Trinajstić information content (AvgIpc) is 3.22. The van der Waals surface area contributed by atoms with Crippen LogP contribution in [0.3, 0.4) is 0 Å². The Hall–Kier alpha value is -2.71. The Kier molecular flexibility index (Phi) is 6.21. The van der Waals surface area contributed by atoms with Crippen molar-refractivity contribution in [1.29, 1.82) is 0 Å². The Morgan fingerprint density at radius 3 is 2.64 bits per heavy atom. The lowest BCUT2D eigenvalue weighted by Gasteiger charge is -2.21. The van der Waals surface area contributed by atoms with Crippen LogP contribution >= 0.6 is 23.1 Å². The Balaban J connectivity index is 1.44. The number of rotatable bonds is 6. The Labute approximate surface area is 201 Å². The van der Waals surface area contributed by atoms with E-state index in [1.54, 1.807) is 24.8 Å². The Morgan fingerprint density at radius 2 is 1.91 bits per heavy atom. The molecule has 0 spiro atoms. The maximum absolute atomic E-state index is 12.5. The number of aromatic nitrogens is 3. The van der Waals surface area contributed by atoms with Gasteiger partial charge in [0.05, 0.1) is 23.1 Å². The highest BCUT2D eigenvalue weighted by molar-refractivity contribution is 8.00. The molecular weight excluding hydrogens is 452 g/mol. The summed E-state index contributed by atoms with van der Waals surface area (Å²) in [7, 11) is 1.62. The van der Waals surface area contributed by atoms with Crippen molar-refractivity contribution in [3.05, 3.63) is 47.4 Å². The van der Waals surface area contributed by atoms with Gasteiger partial charge < -0.3 is 10.1 Å². The molecule has 0 bridgehead atoms. The van der Waals surface area contributed by atoms with Gasteiger partial charge in [0.15, 0.2) is 0 Å². The van der Waals surface area contributed by atoms with E-state index in [1.807, 2.05) is 24.3 Å². The molecule has 0 radical (unpaired) electrons. The lowest BCUT2D eigenvalue weighted by molar-refractivity contribution is -0.113. The molecule has 3 aromatic heterocycles. The first-order valence-electron chi connectivity index (χ1n) is 11.2. The second-order valence-corrected chi connectivity index (χ2v) is 10.5. The molecule has 1 aromatic carbocycles. The molecule has 1 amide bonds. The number of nitrogens with one attached hydrogen (secondary N) is 1. The van der Waals surface area contributed by atoms with Gasteiger partial charge in [-0.25, -0.2) is 15.0 Å². The first-order valence-corrected chi connectivity index (χ1v) is 13.0. The zero-order chi connectivity index (χ0) is 22.9. The quantitative estimate of drug-likeness (QED) is 0.271. The third-order valence-electron chi connectivity index (χ3n) is 5.98. The summed E-state index contributed by atoms with van der Waals surface area (Å²) in [5, 5.41) is 4.96. The van der Waals surface area contributed by atoms with Crippen LogP contribution in [-0.4, -0.2) is 33.7 Å². The summed E-state index contributed by atoms with van der Waals surface area (Å²) in [5.74, 6) is 1.35. The Morgan fingerprint density at radius 1 is 1.15 bits per heavy atom. The molecule has 4 aromatic rings. The van der Waals surface area contributed by atoms with Crippen molar-refractivity contribution in [2.24, 2.45) is 0 Å². The van der Waals surface area contributed by atoms with Gasteiger partial charge in [-0.3, -0.25) is 4.79 Å². The summed E-state index contributed by atoms with van der Waals surface area (Å²) in [6, 6.07) is 7.31. The maximum atomic E-state index is 12.5. The van der Waals surface area contributed by atoms with Crippen molar-refractivity contribution in [2.45, 2.75) is 50.5 Å². The van der Waals surface area contributed by atoms with Crippen molar-refractivity contribution in [2.75, 3.05) is 18.2 Å². The molecule has 6 nitrogen and oxygen atoms in total. The van der Waals surface area contributed by atoms with Crippen LogP contribution < -0.4 is 10.1 Å². The van der Waals surface area contributed by atoms with E-state index in [9.17, 15) is 4.79 Å². The van der Waals surface area contributed by atoms with Gasteiger partial charge in [-0.15, -0.1) is 11.3 Å². The van der Waals surface area contributed by atoms with Crippen LogP contribution in [0, 0.1) is 0 Å². The summed E-state index contributed by atoms with van der Waals surface area (Å²) in [6.07, 6.45) is 6.22. The molecule has 1 aliphatic rings. The number of pyridine rings is 1. The lowest BCUT2D eigenvalue weighted by atomic mass is 9.86. The van der Waals surface area contributed by atoms with Gasteiger partial charge in [-0.1, -0.05) is 25.6 Å². The number of ether oxygens (including phenoxy) is 1. The highest BCUT2D eigenvalue weighted by atomic mass is 32.2. The number of carbonyl (C=O) groups is 1. The highest BCUT2D eigenvalue weighted by Crippen LogP contribution is 2.42. The van der Waals surface area contributed by atoms with E-state index in [-0.39, 0.29) is 11.7 Å². The van der Waals surface area contributed by atoms with Crippen molar-refractivity contribution in [1.82, 2.24) is 15.0 Å². The van der Waals surface area contributed by atoms with Crippen LogP contribution in [0.1, 0.15) is 49.4 Å². The topological polar surface area (TPSA) is 77.0 Å². The fraction of sp³-hybridized carbons (Fsp3) is 0.360. The molecule has 0 fully saturated rings. The number of anilines is 1. The minimum absolute atomic E-state index is 0.0735. The van der Waals surface area contributed by atoms with Crippen molar-refractivity contribution in [3.8, 4) is 5.75 Å². The molecule has 0 unspecified atom stereocenters. The summed E-state index contributed by atoms with van der Waals surface area (Å²) in [6.45, 7) is 4.44. The van der Waals surface area contributed by atoms with E-state index in [4.69, 9.17) is 9.72 Å². The minimum Gasteiger partial charge on any atom is -0.497 e. The molecule has 170 valence electrons. The zero-order valence-electron chi connectivity index (χ0n) is 19.0. The van der Waals surface area contributed by atoms with Crippen LogP contribution in [-0.2, 0) is 17.6 Å². The molecule has 5 rings (SSSR count). The third kappa shape index (κ3) is 4.29. The molecule has 0 saturated heterocycles. The number of hydrogen-bond donors (Lipinski definition) is 1. The largest absolute Gasteiger partial charge is 0.497 e. The molecule has 1 N–H and O–H groups in total. The number of thioether (sulfide) groups is 1. The van der Waals surface area contributed by atoms with Gasteiger partial charge in [-0.05, 0) is 67.0 Å². The van der Waals surface area contributed by atoms with Crippen LogP contribution in [0.15, 0.2) is 35.6 Å². The lowest BCUT2D eigenvalue weighted by Crippen LogP contribution is -2.14. The van der Waals surface area contributed by atoms with Crippen LogP contribution in [0.4, 0.5) is 5.69 Å². The number of methoxy groups -OCH3 is 1.